The fourth-order valence-electron chi connectivity index (χ4n) is 6.82. The topological polar surface area (TPSA) is 396 Å². The first-order chi connectivity index (χ1) is 23.5. The Bertz CT molecular complexity index is 1140. The molecule has 21 heteroatoms. The van der Waals surface area contributed by atoms with Gasteiger partial charge in [-0.3, -0.25) is 4.79 Å². The molecule has 21 nitrogen and oxygen atoms in total. The number of ketones is 1. The van der Waals surface area contributed by atoms with Gasteiger partial charge in [0.25, 0.3) is 0 Å². The largest absolute Gasteiger partial charge is 0.394 e. The molecule has 50 heavy (non-hydrogen) atoms. The minimum Gasteiger partial charge on any atom is -0.394 e. The second kappa shape index (κ2) is 17.4. The van der Waals surface area contributed by atoms with Crippen molar-refractivity contribution in [2.75, 3.05) is 26.2 Å². The van der Waals surface area contributed by atoms with E-state index in [2.05, 4.69) is 10.3 Å². The van der Waals surface area contributed by atoms with Crippen molar-refractivity contribution < 1.29 is 64.6 Å². The van der Waals surface area contributed by atoms with Gasteiger partial charge < -0.3 is 99.5 Å². The summed E-state index contributed by atoms with van der Waals surface area (Å²) < 4.78 is 23.6. The lowest BCUT2D eigenvalue weighted by molar-refractivity contribution is -0.323. The van der Waals surface area contributed by atoms with Crippen molar-refractivity contribution in [3.8, 4) is 0 Å². The molecule has 2 heterocycles. The third kappa shape index (κ3) is 9.24. The summed E-state index contributed by atoms with van der Waals surface area (Å²) in [4.78, 5) is 17.2. The highest BCUT2D eigenvalue weighted by molar-refractivity contribution is 5.92. The molecule has 2 aliphatic carbocycles. The number of rotatable bonds is 16. The van der Waals surface area contributed by atoms with Crippen molar-refractivity contribution in [3.63, 3.8) is 0 Å². The van der Waals surface area contributed by atoms with Crippen LogP contribution < -0.4 is 39.7 Å². The van der Waals surface area contributed by atoms with E-state index in [9.17, 15) is 45.6 Å². The van der Waals surface area contributed by atoms with Crippen LogP contribution in [0.4, 0.5) is 0 Å². The zero-order valence-electron chi connectivity index (χ0n) is 27.7. The lowest BCUT2D eigenvalue weighted by Gasteiger charge is -2.49. The number of hydrogen-bond acceptors (Lipinski definition) is 19. The molecule has 4 unspecified atom stereocenters. The first kappa shape index (κ1) is 41.0. The molecule has 21 N–H and O–H groups in total. The molecule has 0 bridgehead atoms. The Balaban J connectivity index is 1.52. The van der Waals surface area contributed by atoms with E-state index in [-0.39, 0.29) is 38.3 Å². The Labute approximate surface area is 288 Å². The number of hydrogen-bond donors (Lipinski definition) is 15. The van der Waals surface area contributed by atoms with Crippen LogP contribution in [0.15, 0.2) is 4.99 Å². The molecule has 2 saturated heterocycles. The van der Waals surface area contributed by atoms with Crippen LogP contribution in [0, 0.1) is 5.92 Å². The molecular weight excluding hydrogens is 668 g/mol. The molecule has 0 aromatic carbocycles. The normalized spacial score (nSPS) is 45.5. The number of nitrogens with two attached hydrogens (primary N) is 6. The SMILES string of the molecule is NCCCC(O)CNC[C@H]1O[C@H](OC2[C@@H](N)C[C@@H](CC(=O)C3(O)CC3N=C(N)N)[C@H](O[C@H]3O[C@H](CO)[C@@H](O)[C@H](N)[C@H]3O)[C@H]2O)[C@H](N)[C@@H](O)[C@@H]1O. The maximum atomic E-state index is 13.3. The number of carbonyl (C=O) groups is 1. The number of nitrogens with zero attached hydrogens (tertiary/aromatic N) is 1. The molecule has 4 fully saturated rings. The van der Waals surface area contributed by atoms with Crippen LogP contribution in [-0.2, 0) is 23.7 Å². The van der Waals surface area contributed by atoms with Crippen molar-refractivity contribution in [2.45, 2.75) is 135 Å². The van der Waals surface area contributed by atoms with Gasteiger partial charge in [-0.05, 0) is 31.7 Å². The van der Waals surface area contributed by atoms with E-state index < -0.39 is 122 Å². The molecule has 4 rings (SSSR count). The van der Waals surface area contributed by atoms with Gasteiger partial charge in [0.05, 0.1) is 36.9 Å². The number of aliphatic imine (C=N–C) groups is 1. The predicted octanol–water partition coefficient (Wildman–Crippen LogP) is -8.57. The summed E-state index contributed by atoms with van der Waals surface area (Å²) in [5.41, 5.74) is 33.0. The fraction of sp³-hybridized carbons (Fsp3) is 0.931. The van der Waals surface area contributed by atoms with Gasteiger partial charge in [0.2, 0.25) is 0 Å². The summed E-state index contributed by atoms with van der Waals surface area (Å²) in [5, 5.41) is 87.9. The molecule has 0 aromatic heterocycles. The highest BCUT2D eigenvalue weighted by Crippen LogP contribution is 2.43. The number of guanidine groups is 1. The van der Waals surface area contributed by atoms with E-state index >= 15 is 0 Å². The Morgan fingerprint density at radius 2 is 1.58 bits per heavy atom. The van der Waals surface area contributed by atoms with Gasteiger partial charge in [-0.2, -0.15) is 0 Å². The van der Waals surface area contributed by atoms with Crippen LogP contribution in [0.5, 0.6) is 0 Å². The van der Waals surface area contributed by atoms with Crippen molar-refractivity contribution in [3.05, 3.63) is 0 Å². The summed E-state index contributed by atoms with van der Waals surface area (Å²) >= 11 is 0. The number of aliphatic hydroxyl groups is 8. The average Bonchev–Trinajstić information content (AvgIpc) is 3.73. The summed E-state index contributed by atoms with van der Waals surface area (Å²) in [5.74, 6) is -1.89. The quantitative estimate of drug-likeness (QED) is 0.0519. The summed E-state index contributed by atoms with van der Waals surface area (Å²) in [6.45, 7) is -0.127. The number of nitrogens with one attached hydrogen (secondary N) is 1. The number of aliphatic hydroxyl groups excluding tert-OH is 7. The lowest BCUT2D eigenvalue weighted by atomic mass is 9.76. The number of ether oxygens (including phenoxy) is 4. The number of Topliss-reactive ketones (excluding diaryl/α,β-unsaturated/α-hetero) is 1. The molecule has 4 aliphatic rings. The van der Waals surface area contributed by atoms with Gasteiger partial charge in [0, 0.05) is 32.0 Å². The van der Waals surface area contributed by atoms with Gasteiger partial charge in [-0.25, -0.2) is 4.99 Å². The van der Waals surface area contributed by atoms with Gasteiger partial charge in [0.1, 0.15) is 54.4 Å². The average molecular weight is 725 g/mol. The molecule has 0 spiro atoms. The van der Waals surface area contributed by atoms with E-state index in [0.29, 0.717) is 19.4 Å². The maximum Gasteiger partial charge on any atom is 0.186 e. The standard InChI is InChI=1S/C29H56N8O13/c30-3-1-2-11(39)7-36-8-13-20(42)21(43)18(33)26(47-13)50-25-12(31)4-10(5-16(40)29(46)6-15(29)37-28(34)35)24(23(25)45)49-27-22(44)17(32)19(41)14(9-38)48-27/h10-15,17-27,36,38-39,41-46H,1-9,30-33H2,(H4,34,35,37)/t10-,11?,12-,13+,14+,15?,17-,18+,19+,20+,21+,22+,23+,24-,25?,26+,27+,29?/m0/s1. The van der Waals surface area contributed by atoms with Crippen LogP contribution in [0.3, 0.4) is 0 Å². The summed E-state index contributed by atoms with van der Waals surface area (Å²) in [7, 11) is 0. The molecule has 2 saturated carbocycles. The third-order valence-electron chi connectivity index (χ3n) is 10.0. The first-order valence-electron chi connectivity index (χ1n) is 16.9. The fourth-order valence-corrected chi connectivity index (χ4v) is 6.82. The highest BCUT2D eigenvalue weighted by atomic mass is 16.7. The van der Waals surface area contributed by atoms with Crippen molar-refractivity contribution in [1.82, 2.24) is 5.32 Å². The zero-order chi connectivity index (χ0) is 37.1. The van der Waals surface area contributed by atoms with Crippen molar-refractivity contribution in [2.24, 2.45) is 45.3 Å². The molecule has 0 radical (unpaired) electrons. The lowest BCUT2D eigenvalue weighted by Crippen LogP contribution is -2.68. The van der Waals surface area contributed by atoms with Crippen LogP contribution in [0.2, 0.25) is 0 Å². The summed E-state index contributed by atoms with van der Waals surface area (Å²) in [6, 6.07) is -4.50. The Morgan fingerprint density at radius 3 is 2.22 bits per heavy atom. The maximum absolute atomic E-state index is 13.3. The Kier molecular flexibility index (Phi) is 14.3. The van der Waals surface area contributed by atoms with Crippen molar-refractivity contribution >= 4 is 11.7 Å². The number of carbonyl (C=O) groups excluding carboxylic acids is 1. The van der Waals surface area contributed by atoms with E-state index in [1.165, 1.54) is 0 Å². The molecular formula is C29H56N8O13. The van der Waals surface area contributed by atoms with Crippen LogP contribution >= 0.6 is 0 Å². The molecule has 2 aliphatic heterocycles. The van der Waals surface area contributed by atoms with E-state index in [4.69, 9.17) is 53.3 Å². The predicted molar refractivity (Wildman–Crippen MR) is 172 cm³/mol. The Morgan fingerprint density at radius 1 is 0.920 bits per heavy atom. The smallest absolute Gasteiger partial charge is 0.186 e. The third-order valence-corrected chi connectivity index (χ3v) is 10.0. The van der Waals surface area contributed by atoms with E-state index in [0.717, 1.165) is 0 Å². The van der Waals surface area contributed by atoms with E-state index in [1.807, 2.05) is 0 Å². The van der Waals surface area contributed by atoms with Crippen LogP contribution in [-0.4, -0.2) is 182 Å². The zero-order valence-corrected chi connectivity index (χ0v) is 27.7. The second-order valence-electron chi connectivity index (χ2n) is 13.8. The second-order valence-corrected chi connectivity index (χ2v) is 13.8. The molecule has 290 valence electrons. The first-order valence-corrected chi connectivity index (χ1v) is 16.9. The monoisotopic (exact) mass is 724 g/mol. The van der Waals surface area contributed by atoms with Crippen LogP contribution in [0.25, 0.3) is 0 Å². The minimum absolute atomic E-state index is 0.0154. The molecule has 0 aromatic rings. The van der Waals surface area contributed by atoms with Gasteiger partial charge >= 0.3 is 0 Å². The minimum atomic E-state index is -1.87. The van der Waals surface area contributed by atoms with Crippen LogP contribution in [0.1, 0.15) is 32.1 Å². The molecule has 0 amide bonds. The molecule has 18 atom stereocenters. The van der Waals surface area contributed by atoms with Gasteiger partial charge in [-0.1, -0.05) is 0 Å². The van der Waals surface area contributed by atoms with Crippen molar-refractivity contribution in [1.29, 1.82) is 0 Å². The van der Waals surface area contributed by atoms with Gasteiger partial charge in [0.15, 0.2) is 24.3 Å². The summed E-state index contributed by atoms with van der Waals surface area (Å²) in [6.07, 6.45) is -15.9. The highest BCUT2D eigenvalue weighted by Gasteiger charge is 2.60. The Hall–Kier alpha value is -1.74. The van der Waals surface area contributed by atoms with E-state index in [1.54, 1.807) is 0 Å². The van der Waals surface area contributed by atoms with Gasteiger partial charge in [-0.15, -0.1) is 0 Å².